The lowest BCUT2D eigenvalue weighted by molar-refractivity contribution is -0.141. The molecule has 0 saturated carbocycles. The summed E-state index contributed by atoms with van der Waals surface area (Å²) in [6, 6.07) is 2.57. The van der Waals surface area contributed by atoms with E-state index in [1.54, 1.807) is 0 Å². The van der Waals surface area contributed by atoms with Crippen molar-refractivity contribution in [3.63, 3.8) is 0 Å². The molecule has 1 unspecified atom stereocenters. The maximum absolute atomic E-state index is 12.8. The van der Waals surface area contributed by atoms with E-state index in [2.05, 4.69) is 19.9 Å². The highest BCUT2D eigenvalue weighted by Crippen LogP contribution is 2.33. The zero-order valence-electron chi connectivity index (χ0n) is 14.2. The highest BCUT2D eigenvalue weighted by atomic mass is 19.4. The molecule has 0 aliphatic carbocycles. The average molecular weight is 402 g/mol. The molecule has 2 aromatic heterocycles. The molecule has 0 fully saturated rings. The third kappa shape index (κ3) is 4.46. The minimum atomic E-state index is -4.60. The summed E-state index contributed by atoms with van der Waals surface area (Å²) >= 11 is 0. The summed E-state index contributed by atoms with van der Waals surface area (Å²) in [6.45, 7) is 0. The third-order valence-corrected chi connectivity index (χ3v) is 3.80. The number of aromatic nitrogens is 3. The molecule has 0 saturated heterocycles. The average Bonchev–Trinajstić information content (AvgIpc) is 3.11. The maximum Gasteiger partial charge on any atom is 0.433 e. The number of alkyl halides is 6. The summed E-state index contributed by atoms with van der Waals surface area (Å²) in [5, 5.41) is 0. The Balaban J connectivity index is 1.91. The van der Waals surface area contributed by atoms with Gasteiger partial charge in [-0.05, 0) is 23.8 Å². The van der Waals surface area contributed by atoms with Crippen LogP contribution in [0.4, 0.5) is 26.3 Å². The molecular weight excluding hydrogens is 390 g/mol. The number of halogens is 6. The molecular formula is C17H12F6N4O. The van der Waals surface area contributed by atoms with Crippen LogP contribution in [-0.2, 0) is 12.6 Å². The van der Waals surface area contributed by atoms with Crippen LogP contribution in [0.2, 0.25) is 0 Å². The maximum atomic E-state index is 12.8. The lowest BCUT2D eigenvalue weighted by Gasteiger charge is -2.11. The molecule has 1 aliphatic rings. The van der Waals surface area contributed by atoms with Crippen molar-refractivity contribution in [2.24, 2.45) is 4.99 Å². The van der Waals surface area contributed by atoms with Crippen LogP contribution in [0, 0.1) is 0 Å². The summed E-state index contributed by atoms with van der Waals surface area (Å²) in [4.78, 5) is 15.3. The molecule has 28 heavy (non-hydrogen) atoms. The largest absolute Gasteiger partial charge is 0.481 e. The van der Waals surface area contributed by atoms with E-state index in [1.165, 1.54) is 19.2 Å². The van der Waals surface area contributed by atoms with E-state index in [9.17, 15) is 26.3 Å². The molecule has 2 aromatic rings. The number of pyridine rings is 1. The molecule has 0 bridgehead atoms. The van der Waals surface area contributed by atoms with Gasteiger partial charge in [-0.2, -0.15) is 31.3 Å². The van der Waals surface area contributed by atoms with E-state index in [0.29, 0.717) is 6.21 Å². The number of rotatable bonds is 4. The van der Waals surface area contributed by atoms with Gasteiger partial charge in [-0.1, -0.05) is 0 Å². The van der Waals surface area contributed by atoms with Gasteiger partial charge < -0.3 is 4.74 Å². The molecule has 0 amide bonds. The van der Waals surface area contributed by atoms with E-state index in [0.717, 1.165) is 18.3 Å². The minimum absolute atomic E-state index is 0.0640. The Bertz CT molecular complexity index is 936. The fraction of sp³-hybridized carbons (Fsp3) is 0.294. The van der Waals surface area contributed by atoms with Crippen LogP contribution in [0.25, 0.3) is 0 Å². The van der Waals surface area contributed by atoms with Crippen molar-refractivity contribution < 1.29 is 31.1 Å². The number of methoxy groups -OCH3 is 1. The summed E-state index contributed by atoms with van der Waals surface area (Å²) in [5.41, 5.74) is -1.59. The molecule has 0 aromatic carbocycles. The standard InChI is InChI=1S/C17H12F6N4O/c1-28-15-7-12(11-6-10(8-25-11)16(18,19)20)26-14(27-15)5-9-2-3-24-13(4-9)17(21,22)23/h2-4,6-8,11H,5H2,1H3. The fourth-order valence-electron chi connectivity index (χ4n) is 2.50. The second-order valence-corrected chi connectivity index (χ2v) is 5.82. The van der Waals surface area contributed by atoms with Gasteiger partial charge in [0, 0.05) is 24.9 Å². The SMILES string of the molecule is COc1cc(C2C=C(C(F)(F)F)C=N2)nc(Cc2ccnc(C(F)(F)F)c2)n1. The van der Waals surface area contributed by atoms with Gasteiger partial charge in [0.2, 0.25) is 5.88 Å². The van der Waals surface area contributed by atoms with E-state index in [4.69, 9.17) is 4.74 Å². The van der Waals surface area contributed by atoms with Gasteiger partial charge in [-0.3, -0.25) is 9.98 Å². The third-order valence-electron chi connectivity index (χ3n) is 3.80. The fourth-order valence-corrected chi connectivity index (χ4v) is 2.50. The van der Waals surface area contributed by atoms with Gasteiger partial charge >= 0.3 is 12.4 Å². The second kappa shape index (κ2) is 7.21. The number of nitrogens with zero attached hydrogens (tertiary/aromatic N) is 4. The predicted octanol–water partition coefficient (Wildman–Crippen LogP) is 4.10. The molecule has 3 heterocycles. The van der Waals surface area contributed by atoms with Crippen molar-refractivity contribution in [1.29, 1.82) is 0 Å². The van der Waals surface area contributed by atoms with E-state index >= 15 is 0 Å². The van der Waals surface area contributed by atoms with Crippen molar-refractivity contribution in [2.75, 3.05) is 7.11 Å². The first kappa shape index (κ1) is 19.8. The van der Waals surface area contributed by atoms with Crippen molar-refractivity contribution >= 4 is 6.21 Å². The summed E-state index contributed by atoms with van der Waals surface area (Å²) in [5.74, 6) is 0.145. The molecule has 148 valence electrons. The van der Waals surface area contributed by atoms with Crippen molar-refractivity contribution in [2.45, 2.75) is 24.8 Å². The zero-order valence-corrected chi connectivity index (χ0v) is 14.2. The number of hydrogen-bond acceptors (Lipinski definition) is 5. The molecule has 1 atom stereocenters. The van der Waals surface area contributed by atoms with Crippen molar-refractivity contribution in [3.05, 3.63) is 58.8 Å². The summed E-state index contributed by atoms with van der Waals surface area (Å²) in [6.07, 6.45) is -6.62. The van der Waals surface area contributed by atoms with Crippen molar-refractivity contribution in [3.8, 4) is 5.88 Å². The Morgan fingerprint density at radius 3 is 2.39 bits per heavy atom. The van der Waals surface area contributed by atoms with Crippen LogP contribution in [0.15, 0.2) is 41.0 Å². The molecule has 0 radical (unpaired) electrons. The first-order chi connectivity index (χ1) is 13.1. The number of ether oxygens (including phenoxy) is 1. The summed E-state index contributed by atoms with van der Waals surface area (Å²) < 4.78 is 81.8. The molecule has 3 rings (SSSR count). The number of aliphatic imine (C=N–C) groups is 1. The van der Waals surface area contributed by atoms with Crippen LogP contribution < -0.4 is 4.74 Å². The molecule has 0 N–H and O–H groups in total. The Morgan fingerprint density at radius 2 is 1.79 bits per heavy atom. The Morgan fingerprint density at radius 1 is 1.04 bits per heavy atom. The van der Waals surface area contributed by atoms with Crippen LogP contribution in [0.1, 0.15) is 28.8 Å². The normalized spacial score (nSPS) is 17.0. The second-order valence-electron chi connectivity index (χ2n) is 5.82. The quantitative estimate of drug-likeness (QED) is 0.723. The van der Waals surface area contributed by atoms with Gasteiger partial charge in [-0.25, -0.2) is 4.98 Å². The first-order valence-corrected chi connectivity index (χ1v) is 7.82. The lowest BCUT2D eigenvalue weighted by atomic mass is 10.1. The van der Waals surface area contributed by atoms with Crippen molar-refractivity contribution in [1.82, 2.24) is 15.0 Å². The lowest BCUT2D eigenvalue weighted by Crippen LogP contribution is -2.11. The minimum Gasteiger partial charge on any atom is -0.481 e. The molecule has 11 heteroatoms. The topological polar surface area (TPSA) is 60.3 Å². The highest BCUT2D eigenvalue weighted by molar-refractivity contribution is 5.83. The van der Waals surface area contributed by atoms with Crippen LogP contribution in [0.5, 0.6) is 5.88 Å². The molecule has 0 spiro atoms. The van der Waals surface area contributed by atoms with Crippen LogP contribution in [-0.4, -0.2) is 34.5 Å². The van der Waals surface area contributed by atoms with Crippen LogP contribution >= 0.6 is 0 Å². The Labute approximate surface area is 154 Å². The van der Waals surface area contributed by atoms with Gasteiger partial charge in [-0.15, -0.1) is 0 Å². The van der Waals surface area contributed by atoms with Gasteiger partial charge in [0.05, 0.1) is 18.4 Å². The van der Waals surface area contributed by atoms with Gasteiger partial charge in [0.15, 0.2) is 0 Å². The van der Waals surface area contributed by atoms with E-state index in [1.807, 2.05) is 0 Å². The number of hydrogen-bond donors (Lipinski definition) is 0. The Kier molecular flexibility index (Phi) is 5.09. The molecule has 5 nitrogen and oxygen atoms in total. The molecule has 1 aliphatic heterocycles. The number of allylic oxidation sites excluding steroid dienone is 1. The highest BCUT2D eigenvalue weighted by Gasteiger charge is 2.36. The zero-order chi connectivity index (χ0) is 20.5. The van der Waals surface area contributed by atoms with E-state index < -0.39 is 29.7 Å². The summed E-state index contributed by atoms with van der Waals surface area (Å²) in [7, 11) is 1.30. The first-order valence-electron chi connectivity index (χ1n) is 7.82. The Hall–Kier alpha value is -2.98. The predicted molar refractivity (Wildman–Crippen MR) is 86.0 cm³/mol. The van der Waals surface area contributed by atoms with Gasteiger partial charge in [0.25, 0.3) is 0 Å². The monoisotopic (exact) mass is 402 g/mol. The van der Waals surface area contributed by atoms with Crippen LogP contribution in [0.3, 0.4) is 0 Å². The van der Waals surface area contributed by atoms with Gasteiger partial charge in [0.1, 0.15) is 17.6 Å². The smallest absolute Gasteiger partial charge is 0.433 e. The van der Waals surface area contributed by atoms with E-state index in [-0.39, 0.29) is 29.4 Å².